The van der Waals surface area contributed by atoms with Crippen LogP contribution in [-0.4, -0.2) is 13.3 Å². The highest BCUT2D eigenvalue weighted by molar-refractivity contribution is 14.1. The van der Waals surface area contributed by atoms with E-state index in [0.717, 1.165) is 20.4 Å². The maximum Gasteiger partial charge on any atom is 0.174 e. The van der Waals surface area contributed by atoms with Crippen LogP contribution < -0.4 is 9.47 Å². The average molecular weight is 489 g/mol. The first-order chi connectivity index (χ1) is 13.5. The van der Waals surface area contributed by atoms with Crippen molar-refractivity contribution in [2.24, 2.45) is 4.99 Å². The van der Waals surface area contributed by atoms with Gasteiger partial charge in [0.1, 0.15) is 12.4 Å². The van der Waals surface area contributed by atoms with Crippen LogP contribution in [0.15, 0.2) is 59.6 Å². The Morgan fingerprint density at radius 3 is 2.57 bits per heavy atom. The first-order valence-corrected chi connectivity index (χ1v) is 9.91. The monoisotopic (exact) mass is 489 g/mol. The molecule has 0 heterocycles. The highest BCUT2D eigenvalue weighted by Crippen LogP contribution is 2.34. The molecule has 0 aliphatic carbocycles. The number of nitrogens with zero attached hydrogens (tertiary/aromatic N) is 1. The summed E-state index contributed by atoms with van der Waals surface area (Å²) >= 11 is 2.19. The molecule has 0 saturated heterocycles. The third-order valence-electron chi connectivity index (χ3n) is 4.29. The lowest BCUT2D eigenvalue weighted by Gasteiger charge is -2.14. The number of halogens is 2. The van der Waals surface area contributed by atoms with Crippen molar-refractivity contribution in [1.29, 1.82) is 0 Å². The van der Waals surface area contributed by atoms with E-state index in [2.05, 4.69) is 40.6 Å². The average Bonchev–Trinajstić information content (AvgIpc) is 2.67. The van der Waals surface area contributed by atoms with E-state index in [9.17, 15) is 4.39 Å². The van der Waals surface area contributed by atoms with Gasteiger partial charge >= 0.3 is 0 Å². The van der Waals surface area contributed by atoms with Crippen LogP contribution >= 0.6 is 22.6 Å². The molecule has 0 saturated carbocycles. The standard InChI is InChI=1S/C23H21FINO2/c1-15-8-9-21(16(2)10-15)26-13-17-11-20(25)23(22(12-17)27-3)28-14-18-6-4-5-7-19(18)24/h4-13H,14H2,1-3H3. The van der Waals surface area contributed by atoms with Gasteiger partial charge in [-0.1, -0.05) is 35.9 Å². The smallest absolute Gasteiger partial charge is 0.174 e. The lowest BCUT2D eigenvalue weighted by atomic mass is 10.1. The normalized spacial score (nSPS) is 11.0. The Morgan fingerprint density at radius 2 is 1.86 bits per heavy atom. The van der Waals surface area contributed by atoms with Crippen LogP contribution in [0.3, 0.4) is 0 Å². The van der Waals surface area contributed by atoms with Gasteiger partial charge in [0.05, 0.1) is 16.4 Å². The summed E-state index contributed by atoms with van der Waals surface area (Å²) in [5.41, 5.74) is 4.67. The number of ether oxygens (including phenoxy) is 2. The van der Waals surface area contributed by atoms with Crippen molar-refractivity contribution < 1.29 is 13.9 Å². The molecule has 0 amide bonds. The molecule has 0 atom stereocenters. The van der Waals surface area contributed by atoms with Crippen LogP contribution in [-0.2, 0) is 6.61 Å². The second kappa shape index (κ2) is 9.19. The Balaban J connectivity index is 1.83. The largest absolute Gasteiger partial charge is 0.493 e. The van der Waals surface area contributed by atoms with Crippen molar-refractivity contribution in [3.8, 4) is 11.5 Å². The Morgan fingerprint density at radius 1 is 1.07 bits per heavy atom. The van der Waals surface area contributed by atoms with E-state index in [1.807, 2.05) is 37.4 Å². The summed E-state index contributed by atoms with van der Waals surface area (Å²) in [6.07, 6.45) is 1.81. The fourth-order valence-electron chi connectivity index (χ4n) is 2.81. The molecular formula is C23H21FINO2. The fourth-order valence-corrected chi connectivity index (χ4v) is 3.60. The number of aliphatic imine (C=N–C) groups is 1. The van der Waals surface area contributed by atoms with Crippen LogP contribution in [0.5, 0.6) is 11.5 Å². The predicted molar refractivity (Wildman–Crippen MR) is 120 cm³/mol. The summed E-state index contributed by atoms with van der Waals surface area (Å²) < 4.78 is 26.0. The SMILES string of the molecule is COc1cc(C=Nc2ccc(C)cc2C)cc(I)c1OCc1ccccc1F. The molecule has 3 nitrogen and oxygen atoms in total. The molecule has 0 N–H and O–H groups in total. The molecule has 28 heavy (non-hydrogen) atoms. The number of aryl methyl sites for hydroxylation is 2. The fraction of sp³-hybridized carbons (Fsp3) is 0.174. The molecule has 0 aliphatic rings. The molecule has 0 fully saturated rings. The van der Waals surface area contributed by atoms with E-state index in [0.29, 0.717) is 17.1 Å². The minimum Gasteiger partial charge on any atom is -0.493 e. The molecule has 3 aromatic rings. The summed E-state index contributed by atoms with van der Waals surface area (Å²) in [6.45, 7) is 4.24. The zero-order chi connectivity index (χ0) is 20.1. The number of rotatable bonds is 6. The molecule has 144 valence electrons. The van der Waals surface area contributed by atoms with Crippen LogP contribution in [0.1, 0.15) is 22.3 Å². The number of benzene rings is 3. The minimum atomic E-state index is -0.284. The van der Waals surface area contributed by atoms with Crippen molar-refractivity contribution in [2.45, 2.75) is 20.5 Å². The Kier molecular flexibility index (Phi) is 6.67. The molecule has 0 bridgehead atoms. The van der Waals surface area contributed by atoms with Gasteiger partial charge in [-0.25, -0.2) is 4.39 Å². The van der Waals surface area contributed by atoms with E-state index < -0.39 is 0 Å². The highest BCUT2D eigenvalue weighted by Gasteiger charge is 2.12. The van der Waals surface area contributed by atoms with Gasteiger partial charge in [0.25, 0.3) is 0 Å². The van der Waals surface area contributed by atoms with E-state index >= 15 is 0 Å². The van der Waals surface area contributed by atoms with Gasteiger partial charge in [0.2, 0.25) is 0 Å². The van der Waals surface area contributed by atoms with Crippen molar-refractivity contribution in [1.82, 2.24) is 0 Å². The topological polar surface area (TPSA) is 30.8 Å². The summed E-state index contributed by atoms with van der Waals surface area (Å²) in [7, 11) is 1.59. The van der Waals surface area contributed by atoms with Gasteiger partial charge in [0, 0.05) is 11.8 Å². The predicted octanol–water partition coefficient (Wildman–Crippen LogP) is 6.39. The van der Waals surface area contributed by atoms with Gasteiger partial charge in [-0.3, -0.25) is 4.99 Å². The minimum absolute atomic E-state index is 0.134. The molecule has 0 aromatic heterocycles. The molecule has 0 spiro atoms. The van der Waals surface area contributed by atoms with E-state index in [1.54, 1.807) is 25.3 Å². The zero-order valence-corrected chi connectivity index (χ0v) is 18.2. The van der Waals surface area contributed by atoms with Crippen LogP contribution in [0, 0.1) is 23.2 Å². The molecule has 0 unspecified atom stereocenters. The van der Waals surface area contributed by atoms with Gasteiger partial charge in [-0.2, -0.15) is 0 Å². The molecule has 0 aliphatic heterocycles. The van der Waals surface area contributed by atoms with Gasteiger partial charge in [-0.05, 0) is 71.8 Å². The van der Waals surface area contributed by atoms with Gasteiger partial charge in [0.15, 0.2) is 11.5 Å². The first kappa shape index (κ1) is 20.3. The van der Waals surface area contributed by atoms with Crippen LogP contribution in [0.4, 0.5) is 10.1 Å². The first-order valence-electron chi connectivity index (χ1n) is 8.83. The molecule has 3 rings (SSSR count). The van der Waals surface area contributed by atoms with Gasteiger partial charge < -0.3 is 9.47 Å². The van der Waals surface area contributed by atoms with Crippen molar-refractivity contribution in [2.75, 3.05) is 7.11 Å². The second-order valence-corrected chi connectivity index (χ2v) is 7.62. The highest BCUT2D eigenvalue weighted by atomic mass is 127. The van der Waals surface area contributed by atoms with E-state index in [4.69, 9.17) is 9.47 Å². The van der Waals surface area contributed by atoms with Crippen molar-refractivity contribution >= 4 is 34.5 Å². The molecular weight excluding hydrogens is 468 g/mol. The summed E-state index contributed by atoms with van der Waals surface area (Å²) in [4.78, 5) is 4.59. The van der Waals surface area contributed by atoms with Crippen molar-refractivity contribution in [3.63, 3.8) is 0 Å². The molecule has 3 aromatic carbocycles. The Labute approximate surface area is 178 Å². The van der Waals surface area contributed by atoms with Gasteiger partial charge in [-0.15, -0.1) is 0 Å². The Bertz CT molecular complexity index is 1020. The number of methoxy groups -OCH3 is 1. The van der Waals surface area contributed by atoms with Crippen LogP contribution in [0.25, 0.3) is 0 Å². The second-order valence-electron chi connectivity index (χ2n) is 6.46. The maximum atomic E-state index is 13.8. The summed E-state index contributed by atoms with van der Waals surface area (Å²) in [5.74, 6) is 0.897. The zero-order valence-electron chi connectivity index (χ0n) is 16.0. The van der Waals surface area contributed by atoms with Crippen LogP contribution in [0.2, 0.25) is 0 Å². The third-order valence-corrected chi connectivity index (χ3v) is 5.09. The Hall–Kier alpha value is -2.41. The number of hydrogen-bond acceptors (Lipinski definition) is 3. The van der Waals surface area contributed by atoms with E-state index in [-0.39, 0.29) is 12.4 Å². The third kappa shape index (κ3) is 4.90. The number of hydrogen-bond donors (Lipinski definition) is 0. The summed E-state index contributed by atoms with van der Waals surface area (Å²) in [6, 6.07) is 16.6. The summed E-state index contributed by atoms with van der Waals surface area (Å²) in [5, 5.41) is 0. The maximum absolute atomic E-state index is 13.8. The lowest BCUT2D eigenvalue weighted by Crippen LogP contribution is -2.02. The molecule has 5 heteroatoms. The quantitative estimate of drug-likeness (QED) is 0.297. The lowest BCUT2D eigenvalue weighted by molar-refractivity contribution is 0.277. The van der Waals surface area contributed by atoms with E-state index in [1.165, 1.54) is 11.6 Å². The van der Waals surface area contributed by atoms with Crippen molar-refractivity contribution in [3.05, 3.63) is 86.2 Å². The molecule has 0 radical (unpaired) electrons.